The maximum atomic E-state index is 12.5. The zero-order valence-corrected chi connectivity index (χ0v) is 14.8. The van der Waals surface area contributed by atoms with Gasteiger partial charge >= 0.3 is 11.9 Å². The molecule has 0 aromatic heterocycles. The van der Waals surface area contributed by atoms with Crippen LogP contribution in [0.2, 0.25) is 0 Å². The molecular formula is C14H18ClNO6S. The van der Waals surface area contributed by atoms with Gasteiger partial charge in [0, 0.05) is 12.5 Å². The van der Waals surface area contributed by atoms with E-state index in [-0.39, 0.29) is 18.1 Å². The summed E-state index contributed by atoms with van der Waals surface area (Å²) < 4.78 is 22.4. The van der Waals surface area contributed by atoms with Gasteiger partial charge in [-0.15, -0.1) is 11.6 Å². The first-order valence-corrected chi connectivity index (χ1v) is 8.78. The highest BCUT2D eigenvalue weighted by Crippen LogP contribution is 2.38. The molecule has 7 nitrogen and oxygen atoms in total. The number of nitrogens with zero attached hydrogens (tertiary/aromatic N) is 1. The Bertz CT molecular complexity index is 623. The van der Waals surface area contributed by atoms with Crippen molar-refractivity contribution in [2.45, 2.75) is 44.0 Å². The van der Waals surface area contributed by atoms with Crippen molar-refractivity contribution in [3.05, 3.63) is 11.3 Å². The summed E-state index contributed by atoms with van der Waals surface area (Å²) in [6.45, 7) is 6.08. The average Bonchev–Trinajstić information content (AvgIpc) is 2.41. The van der Waals surface area contributed by atoms with Crippen LogP contribution in [0.15, 0.2) is 11.3 Å². The predicted octanol–water partition coefficient (Wildman–Crippen LogP) is 0.683. The SMILES string of the molecule is CC(=O)OCC1=C(C(=O)OC(C)(C)C)N2C(=O)[C@H](Cl)C2S(=O)C1. The topological polar surface area (TPSA) is 90.0 Å². The quantitative estimate of drug-likeness (QED) is 0.416. The highest BCUT2D eigenvalue weighted by Gasteiger charge is 2.56. The third-order valence-electron chi connectivity index (χ3n) is 3.18. The maximum Gasteiger partial charge on any atom is 0.355 e. The molecule has 2 aliphatic rings. The summed E-state index contributed by atoms with van der Waals surface area (Å²) in [6, 6.07) is 0. The van der Waals surface area contributed by atoms with E-state index in [0.29, 0.717) is 5.57 Å². The predicted molar refractivity (Wildman–Crippen MR) is 82.8 cm³/mol. The van der Waals surface area contributed by atoms with Crippen LogP contribution in [0.5, 0.6) is 0 Å². The Morgan fingerprint density at radius 3 is 2.52 bits per heavy atom. The van der Waals surface area contributed by atoms with Crippen molar-refractivity contribution < 1.29 is 28.1 Å². The van der Waals surface area contributed by atoms with Crippen molar-refractivity contribution in [2.75, 3.05) is 12.4 Å². The molecule has 3 atom stereocenters. The van der Waals surface area contributed by atoms with Crippen LogP contribution in [-0.2, 0) is 34.7 Å². The van der Waals surface area contributed by atoms with Crippen molar-refractivity contribution >= 4 is 40.2 Å². The molecule has 0 aromatic rings. The van der Waals surface area contributed by atoms with E-state index >= 15 is 0 Å². The van der Waals surface area contributed by atoms with Gasteiger partial charge in [-0.2, -0.15) is 0 Å². The Hall–Kier alpha value is -1.41. The van der Waals surface area contributed by atoms with E-state index < -0.39 is 45.0 Å². The van der Waals surface area contributed by atoms with Crippen LogP contribution < -0.4 is 0 Å². The van der Waals surface area contributed by atoms with Crippen LogP contribution in [0.3, 0.4) is 0 Å². The van der Waals surface area contributed by atoms with Crippen molar-refractivity contribution in [1.82, 2.24) is 4.90 Å². The number of rotatable bonds is 3. The molecule has 0 radical (unpaired) electrons. The van der Waals surface area contributed by atoms with Crippen LogP contribution in [0, 0.1) is 0 Å². The molecule has 0 aromatic carbocycles. The summed E-state index contributed by atoms with van der Waals surface area (Å²) in [4.78, 5) is 36.6. The Morgan fingerprint density at radius 2 is 2.00 bits per heavy atom. The molecule has 2 unspecified atom stereocenters. The van der Waals surface area contributed by atoms with Crippen LogP contribution in [0.4, 0.5) is 0 Å². The van der Waals surface area contributed by atoms with E-state index in [2.05, 4.69) is 0 Å². The number of alkyl halides is 1. The van der Waals surface area contributed by atoms with E-state index in [4.69, 9.17) is 21.1 Å². The Balaban J connectivity index is 2.39. The normalized spacial score (nSPS) is 27.3. The van der Waals surface area contributed by atoms with Gasteiger partial charge in [-0.05, 0) is 20.8 Å². The lowest BCUT2D eigenvalue weighted by atomic mass is 10.1. The summed E-state index contributed by atoms with van der Waals surface area (Å²) >= 11 is 5.90. The van der Waals surface area contributed by atoms with Gasteiger partial charge in [-0.25, -0.2) is 4.79 Å². The molecule has 0 bridgehead atoms. The zero-order chi connectivity index (χ0) is 17.5. The lowest BCUT2D eigenvalue weighted by Gasteiger charge is -2.47. The number of carbonyl (C=O) groups excluding carboxylic acids is 3. The number of carbonyl (C=O) groups is 3. The fraction of sp³-hybridized carbons (Fsp3) is 0.643. The van der Waals surface area contributed by atoms with Crippen LogP contribution in [-0.4, -0.2) is 55.7 Å². The number of hydrogen-bond acceptors (Lipinski definition) is 6. The van der Waals surface area contributed by atoms with E-state index in [1.54, 1.807) is 20.8 Å². The average molecular weight is 364 g/mol. The van der Waals surface area contributed by atoms with Crippen molar-refractivity contribution in [2.24, 2.45) is 0 Å². The molecule has 1 fully saturated rings. The first-order chi connectivity index (χ1) is 10.5. The van der Waals surface area contributed by atoms with Crippen LogP contribution in [0.1, 0.15) is 27.7 Å². The summed E-state index contributed by atoms with van der Waals surface area (Å²) in [6.07, 6.45) is 0. The summed E-state index contributed by atoms with van der Waals surface area (Å²) in [5.74, 6) is -1.78. The summed E-state index contributed by atoms with van der Waals surface area (Å²) in [5.41, 5.74) is -0.495. The smallest absolute Gasteiger partial charge is 0.355 e. The molecule has 0 saturated carbocycles. The van der Waals surface area contributed by atoms with Gasteiger partial charge in [0.05, 0.1) is 16.6 Å². The molecular weight excluding hydrogens is 346 g/mol. The highest BCUT2D eigenvalue weighted by atomic mass is 35.5. The van der Waals surface area contributed by atoms with E-state index in [9.17, 15) is 18.6 Å². The minimum atomic E-state index is -1.47. The number of fused-ring (bicyclic) bond motifs is 1. The molecule has 128 valence electrons. The van der Waals surface area contributed by atoms with E-state index in [1.807, 2.05) is 0 Å². The minimum Gasteiger partial charge on any atom is -0.461 e. The van der Waals surface area contributed by atoms with Gasteiger partial charge in [0.2, 0.25) is 5.91 Å². The molecule has 1 amide bonds. The lowest BCUT2D eigenvalue weighted by molar-refractivity contribution is -0.157. The standard InChI is InChI=1S/C14H18ClNO6S/c1-7(17)21-5-8-6-23(20)12-9(15)11(18)16(12)10(8)13(19)22-14(2,3)4/h9,12H,5-6H2,1-4H3/t9-,12?,23?/m0/s1. The molecule has 1 saturated heterocycles. The summed E-state index contributed by atoms with van der Waals surface area (Å²) in [7, 11) is -1.47. The van der Waals surface area contributed by atoms with Gasteiger partial charge in [0.15, 0.2) is 0 Å². The Morgan fingerprint density at radius 1 is 1.39 bits per heavy atom. The number of hydrogen-bond donors (Lipinski definition) is 0. The van der Waals surface area contributed by atoms with Gasteiger partial charge in [-0.3, -0.25) is 18.7 Å². The number of esters is 2. The van der Waals surface area contributed by atoms with Crippen molar-refractivity contribution in [3.8, 4) is 0 Å². The first-order valence-electron chi connectivity index (χ1n) is 6.96. The number of halogens is 1. The second-order valence-corrected chi connectivity index (χ2v) is 8.26. The molecule has 0 spiro atoms. The Kier molecular flexibility index (Phi) is 4.86. The largest absolute Gasteiger partial charge is 0.461 e. The van der Waals surface area contributed by atoms with Gasteiger partial charge < -0.3 is 9.47 Å². The second kappa shape index (κ2) is 6.24. The van der Waals surface area contributed by atoms with Gasteiger partial charge in [0.25, 0.3) is 0 Å². The van der Waals surface area contributed by atoms with Crippen molar-refractivity contribution in [3.63, 3.8) is 0 Å². The van der Waals surface area contributed by atoms with E-state index in [1.165, 1.54) is 6.92 Å². The van der Waals surface area contributed by atoms with Gasteiger partial charge in [0.1, 0.15) is 28.7 Å². The summed E-state index contributed by atoms with van der Waals surface area (Å²) in [5, 5.41) is -1.68. The molecule has 9 heteroatoms. The monoisotopic (exact) mass is 363 g/mol. The third-order valence-corrected chi connectivity index (χ3v) is 5.41. The Labute approximate surface area is 141 Å². The molecule has 23 heavy (non-hydrogen) atoms. The number of ether oxygens (including phenoxy) is 2. The maximum absolute atomic E-state index is 12.5. The second-order valence-electron chi connectivity index (χ2n) is 6.26. The third kappa shape index (κ3) is 3.58. The van der Waals surface area contributed by atoms with Gasteiger partial charge in [-0.1, -0.05) is 0 Å². The fourth-order valence-electron chi connectivity index (χ4n) is 2.28. The minimum absolute atomic E-state index is 0.000473. The highest BCUT2D eigenvalue weighted by molar-refractivity contribution is 7.86. The molecule has 2 aliphatic heterocycles. The number of β-lactam (4-membered cyclic amide) rings is 1. The number of amides is 1. The van der Waals surface area contributed by atoms with Crippen molar-refractivity contribution in [1.29, 1.82) is 0 Å². The fourth-order valence-corrected chi connectivity index (χ4v) is 4.40. The molecule has 2 heterocycles. The first kappa shape index (κ1) is 17.9. The van der Waals surface area contributed by atoms with Crippen LogP contribution >= 0.6 is 11.6 Å². The molecule has 2 rings (SSSR count). The lowest BCUT2D eigenvalue weighted by Crippen LogP contribution is -2.67. The molecule has 0 N–H and O–H groups in total. The zero-order valence-electron chi connectivity index (χ0n) is 13.3. The van der Waals surface area contributed by atoms with E-state index in [0.717, 1.165) is 4.90 Å². The van der Waals surface area contributed by atoms with Crippen LogP contribution in [0.25, 0.3) is 0 Å². The molecule has 0 aliphatic carbocycles.